The predicted molar refractivity (Wildman–Crippen MR) is 82.9 cm³/mol. The molecular weight excluding hydrogens is 252 g/mol. The molecule has 2 rings (SSSR count). The molecule has 4 nitrogen and oxygen atoms in total. The molecule has 1 atom stereocenters. The second kappa shape index (κ2) is 7.39. The molecule has 0 spiro atoms. The van der Waals surface area contributed by atoms with E-state index in [1.54, 1.807) is 7.11 Å². The SMILES string of the molecule is CCOc1ccc(NCC2CCCCN2C)cc1OC. The van der Waals surface area contributed by atoms with Crippen LogP contribution < -0.4 is 14.8 Å². The van der Waals surface area contributed by atoms with Crippen LogP contribution in [0.3, 0.4) is 0 Å². The number of rotatable bonds is 6. The minimum Gasteiger partial charge on any atom is -0.493 e. The highest BCUT2D eigenvalue weighted by molar-refractivity contribution is 5.54. The third kappa shape index (κ3) is 3.79. The lowest BCUT2D eigenvalue weighted by atomic mass is 10.0. The third-order valence-electron chi connectivity index (χ3n) is 3.93. The van der Waals surface area contributed by atoms with Gasteiger partial charge in [-0.1, -0.05) is 6.42 Å². The molecule has 1 saturated heterocycles. The maximum atomic E-state index is 5.53. The number of likely N-dealkylation sites (tertiary alicyclic amines) is 1. The Kier molecular flexibility index (Phi) is 5.53. The average Bonchev–Trinajstić information content (AvgIpc) is 2.48. The zero-order valence-corrected chi connectivity index (χ0v) is 12.8. The summed E-state index contributed by atoms with van der Waals surface area (Å²) in [5, 5.41) is 3.51. The van der Waals surface area contributed by atoms with E-state index in [2.05, 4.69) is 23.3 Å². The Morgan fingerprint density at radius 3 is 2.85 bits per heavy atom. The molecule has 0 amide bonds. The van der Waals surface area contributed by atoms with Crippen LogP contribution in [0, 0.1) is 0 Å². The Bertz CT molecular complexity index is 423. The van der Waals surface area contributed by atoms with Crippen molar-refractivity contribution in [1.82, 2.24) is 4.90 Å². The second-order valence-corrected chi connectivity index (χ2v) is 5.31. The summed E-state index contributed by atoms with van der Waals surface area (Å²) in [5.74, 6) is 1.59. The molecule has 1 fully saturated rings. The number of piperidine rings is 1. The van der Waals surface area contributed by atoms with Crippen LogP contribution >= 0.6 is 0 Å². The van der Waals surface area contributed by atoms with Gasteiger partial charge in [0.05, 0.1) is 13.7 Å². The zero-order chi connectivity index (χ0) is 14.4. The summed E-state index contributed by atoms with van der Waals surface area (Å²) in [6, 6.07) is 6.65. The van der Waals surface area contributed by atoms with Crippen LogP contribution in [0.1, 0.15) is 26.2 Å². The number of likely N-dealkylation sites (N-methyl/N-ethyl adjacent to an activating group) is 1. The van der Waals surface area contributed by atoms with Crippen LogP contribution in [-0.2, 0) is 0 Å². The molecule has 1 unspecified atom stereocenters. The molecule has 0 bridgehead atoms. The van der Waals surface area contributed by atoms with Crippen molar-refractivity contribution in [3.63, 3.8) is 0 Å². The smallest absolute Gasteiger partial charge is 0.162 e. The molecule has 0 saturated carbocycles. The Morgan fingerprint density at radius 2 is 2.15 bits per heavy atom. The van der Waals surface area contributed by atoms with Gasteiger partial charge in [0, 0.05) is 24.3 Å². The van der Waals surface area contributed by atoms with Crippen LogP contribution in [0.25, 0.3) is 0 Å². The van der Waals surface area contributed by atoms with Gasteiger partial charge in [0.2, 0.25) is 0 Å². The van der Waals surface area contributed by atoms with Crippen molar-refractivity contribution in [2.24, 2.45) is 0 Å². The van der Waals surface area contributed by atoms with Crippen LogP contribution in [0.15, 0.2) is 18.2 Å². The first-order valence-electron chi connectivity index (χ1n) is 7.49. The van der Waals surface area contributed by atoms with E-state index < -0.39 is 0 Å². The number of nitrogens with zero attached hydrogens (tertiary/aromatic N) is 1. The van der Waals surface area contributed by atoms with Gasteiger partial charge in [-0.05, 0) is 45.5 Å². The topological polar surface area (TPSA) is 33.7 Å². The van der Waals surface area contributed by atoms with Crippen LogP contribution in [-0.4, -0.2) is 44.8 Å². The number of ether oxygens (including phenoxy) is 2. The summed E-state index contributed by atoms with van der Waals surface area (Å²) in [4.78, 5) is 2.45. The molecule has 0 radical (unpaired) electrons. The molecule has 1 heterocycles. The maximum absolute atomic E-state index is 5.53. The number of anilines is 1. The normalized spacial score (nSPS) is 19.6. The molecule has 112 valence electrons. The van der Waals surface area contributed by atoms with Gasteiger partial charge in [-0.25, -0.2) is 0 Å². The molecule has 1 aromatic carbocycles. The summed E-state index contributed by atoms with van der Waals surface area (Å²) < 4.78 is 10.9. The molecule has 1 N–H and O–H groups in total. The largest absolute Gasteiger partial charge is 0.493 e. The van der Waals surface area contributed by atoms with E-state index in [1.807, 2.05) is 19.1 Å². The van der Waals surface area contributed by atoms with Gasteiger partial charge in [-0.3, -0.25) is 0 Å². The van der Waals surface area contributed by atoms with Gasteiger partial charge < -0.3 is 19.7 Å². The van der Waals surface area contributed by atoms with E-state index in [0.717, 1.165) is 23.7 Å². The summed E-state index contributed by atoms with van der Waals surface area (Å²) in [5.41, 5.74) is 1.09. The lowest BCUT2D eigenvalue weighted by Crippen LogP contribution is -2.40. The monoisotopic (exact) mass is 278 g/mol. The van der Waals surface area contributed by atoms with Gasteiger partial charge in [0.25, 0.3) is 0 Å². The number of benzene rings is 1. The number of hydrogen-bond acceptors (Lipinski definition) is 4. The fourth-order valence-electron chi connectivity index (χ4n) is 2.69. The van der Waals surface area contributed by atoms with Crippen LogP contribution in [0.2, 0.25) is 0 Å². The van der Waals surface area contributed by atoms with Crippen LogP contribution in [0.4, 0.5) is 5.69 Å². The van der Waals surface area contributed by atoms with E-state index in [0.29, 0.717) is 12.6 Å². The molecule has 0 aromatic heterocycles. The van der Waals surface area contributed by atoms with Crippen molar-refractivity contribution in [2.75, 3.05) is 39.2 Å². The first-order valence-corrected chi connectivity index (χ1v) is 7.49. The Labute approximate surface area is 122 Å². The van der Waals surface area contributed by atoms with Crippen LogP contribution in [0.5, 0.6) is 11.5 Å². The van der Waals surface area contributed by atoms with E-state index in [4.69, 9.17) is 9.47 Å². The quantitative estimate of drug-likeness (QED) is 0.867. The summed E-state index contributed by atoms with van der Waals surface area (Å²) in [6.45, 7) is 4.81. The lowest BCUT2D eigenvalue weighted by Gasteiger charge is -2.32. The number of methoxy groups -OCH3 is 1. The number of nitrogens with one attached hydrogen (secondary N) is 1. The lowest BCUT2D eigenvalue weighted by molar-refractivity contribution is 0.194. The van der Waals surface area contributed by atoms with Crippen molar-refractivity contribution >= 4 is 5.69 Å². The standard InChI is InChI=1S/C16H26N2O2/c1-4-20-15-9-8-13(11-16(15)19-3)17-12-14-7-5-6-10-18(14)2/h8-9,11,14,17H,4-7,10,12H2,1-3H3. The van der Waals surface area contributed by atoms with Gasteiger partial charge in [0.1, 0.15) is 0 Å². The molecule has 20 heavy (non-hydrogen) atoms. The number of hydrogen-bond donors (Lipinski definition) is 1. The molecule has 1 aromatic rings. The highest BCUT2D eigenvalue weighted by atomic mass is 16.5. The van der Waals surface area contributed by atoms with Crippen molar-refractivity contribution in [2.45, 2.75) is 32.2 Å². The highest BCUT2D eigenvalue weighted by Gasteiger charge is 2.18. The third-order valence-corrected chi connectivity index (χ3v) is 3.93. The van der Waals surface area contributed by atoms with Gasteiger partial charge >= 0.3 is 0 Å². The van der Waals surface area contributed by atoms with Crippen molar-refractivity contribution in [3.05, 3.63) is 18.2 Å². The minimum absolute atomic E-state index is 0.626. The van der Waals surface area contributed by atoms with E-state index in [9.17, 15) is 0 Å². The van der Waals surface area contributed by atoms with Gasteiger partial charge in [-0.15, -0.1) is 0 Å². The molecule has 0 aliphatic carbocycles. The Morgan fingerprint density at radius 1 is 1.30 bits per heavy atom. The van der Waals surface area contributed by atoms with Gasteiger partial charge in [-0.2, -0.15) is 0 Å². The fraction of sp³-hybridized carbons (Fsp3) is 0.625. The van der Waals surface area contributed by atoms with E-state index in [1.165, 1.54) is 25.8 Å². The Hall–Kier alpha value is -1.42. The first kappa shape index (κ1) is 15.0. The molecule has 1 aliphatic heterocycles. The molecular formula is C16H26N2O2. The van der Waals surface area contributed by atoms with Crippen molar-refractivity contribution in [1.29, 1.82) is 0 Å². The van der Waals surface area contributed by atoms with Gasteiger partial charge in [0.15, 0.2) is 11.5 Å². The first-order chi connectivity index (χ1) is 9.74. The molecule has 1 aliphatic rings. The minimum atomic E-state index is 0.626. The maximum Gasteiger partial charge on any atom is 0.162 e. The summed E-state index contributed by atoms with van der Waals surface area (Å²) in [7, 11) is 3.89. The fourth-order valence-corrected chi connectivity index (χ4v) is 2.69. The highest BCUT2D eigenvalue weighted by Crippen LogP contribution is 2.30. The predicted octanol–water partition coefficient (Wildman–Crippen LogP) is 2.99. The molecule has 4 heteroatoms. The zero-order valence-electron chi connectivity index (χ0n) is 12.8. The van der Waals surface area contributed by atoms with E-state index >= 15 is 0 Å². The summed E-state index contributed by atoms with van der Waals surface area (Å²) in [6.07, 6.45) is 3.94. The average molecular weight is 278 g/mol. The van der Waals surface area contributed by atoms with E-state index in [-0.39, 0.29) is 0 Å². The van der Waals surface area contributed by atoms with Crippen molar-refractivity contribution < 1.29 is 9.47 Å². The summed E-state index contributed by atoms with van der Waals surface area (Å²) >= 11 is 0. The second-order valence-electron chi connectivity index (χ2n) is 5.31. The van der Waals surface area contributed by atoms with Crippen molar-refractivity contribution in [3.8, 4) is 11.5 Å². The Balaban J connectivity index is 1.95.